The molecule has 0 aliphatic rings. The van der Waals surface area contributed by atoms with Gasteiger partial charge < -0.3 is 15.6 Å². The lowest BCUT2D eigenvalue weighted by Gasteiger charge is -2.07. The third-order valence-corrected chi connectivity index (χ3v) is 5.78. The van der Waals surface area contributed by atoms with Crippen molar-refractivity contribution in [1.82, 2.24) is 9.55 Å². The topological polar surface area (TPSA) is 72.9 Å². The van der Waals surface area contributed by atoms with Crippen molar-refractivity contribution in [2.75, 3.05) is 11.1 Å². The first-order chi connectivity index (χ1) is 14.1. The second kappa shape index (κ2) is 8.41. The third-order valence-electron chi connectivity index (χ3n) is 4.65. The Morgan fingerprint density at radius 3 is 2.69 bits per heavy atom. The lowest BCUT2D eigenvalue weighted by Crippen LogP contribution is -2.09. The zero-order chi connectivity index (χ0) is 20.2. The number of pyridine rings is 1. The van der Waals surface area contributed by atoms with Gasteiger partial charge in [0, 0.05) is 45.4 Å². The Labute approximate surface area is 174 Å². The number of benzene rings is 2. The highest BCUT2D eigenvalue weighted by atomic mass is 32.2. The molecule has 29 heavy (non-hydrogen) atoms. The summed E-state index contributed by atoms with van der Waals surface area (Å²) in [5.74, 6) is -0.00107. The second-order valence-electron chi connectivity index (χ2n) is 6.72. The van der Waals surface area contributed by atoms with Crippen molar-refractivity contribution < 1.29 is 4.79 Å². The molecule has 6 heteroatoms. The van der Waals surface area contributed by atoms with E-state index in [4.69, 9.17) is 5.73 Å². The number of fused-ring (bicyclic) bond motifs is 1. The molecular formula is C23H22N4OS. The molecule has 4 aromatic rings. The molecule has 5 nitrogen and oxygen atoms in total. The van der Waals surface area contributed by atoms with E-state index in [1.807, 2.05) is 61.5 Å². The molecule has 0 saturated heterocycles. The summed E-state index contributed by atoms with van der Waals surface area (Å²) in [5.41, 5.74) is 9.72. The first-order valence-corrected chi connectivity index (χ1v) is 10.3. The van der Waals surface area contributed by atoms with E-state index in [-0.39, 0.29) is 5.91 Å². The van der Waals surface area contributed by atoms with Crippen LogP contribution in [0, 0.1) is 0 Å². The Morgan fingerprint density at radius 2 is 1.93 bits per heavy atom. The number of nitrogens with one attached hydrogen (secondary N) is 1. The molecule has 4 rings (SSSR count). The maximum atomic E-state index is 11.8. The van der Waals surface area contributed by atoms with Gasteiger partial charge in [-0.25, -0.2) is 0 Å². The van der Waals surface area contributed by atoms with Crippen LogP contribution < -0.4 is 11.1 Å². The Kier molecular flexibility index (Phi) is 5.53. The number of anilines is 2. The summed E-state index contributed by atoms with van der Waals surface area (Å²) in [7, 11) is 0. The van der Waals surface area contributed by atoms with Gasteiger partial charge in [0.25, 0.3) is 0 Å². The van der Waals surface area contributed by atoms with Crippen LogP contribution in [0.2, 0.25) is 0 Å². The predicted molar refractivity (Wildman–Crippen MR) is 119 cm³/mol. The molecule has 0 radical (unpaired) electrons. The molecule has 0 spiro atoms. The Hall–Kier alpha value is -3.25. The number of amides is 1. The van der Waals surface area contributed by atoms with Crippen LogP contribution in [-0.2, 0) is 11.3 Å². The average Bonchev–Trinajstić information content (AvgIpc) is 3.07. The molecule has 0 saturated carbocycles. The standard InChI is InChI=1S/C23H22N4OS/c1-2-23(28)26-16-10-11-18-20(13-16)27(14-17-7-5-6-12-25-17)15-22(18)29-21-9-4-3-8-19(21)24/h3-13,15H,2,14,24H2,1H3,(H,26,28). The number of aromatic nitrogens is 2. The van der Waals surface area contributed by atoms with E-state index < -0.39 is 0 Å². The van der Waals surface area contributed by atoms with Crippen molar-refractivity contribution >= 4 is 39.9 Å². The number of carbonyl (C=O) groups is 1. The summed E-state index contributed by atoms with van der Waals surface area (Å²) in [6.07, 6.45) is 4.37. The molecular weight excluding hydrogens is 380 g/mol. The van der Waals surface area contributed by atoms with Crippen LogP contribution in [0.3, 0.4) is 0 Å². The highest BCUT2D eigenvalue weighted by Crippen LogP contribution is 2.38. The molecule has 2 heterocycles. The molecule has 0 aliphatic heterocycles. The first kappa shape index (κ1) is 19.1. The minimum absolute atomic E-state index is 0.00107. The monoisotopic (exact) mass is 402 g/mol. The maximum Gasteiger partial charge on any atom is 0.224 e. The Bertz CT molecular complexity index is 1150. The van der Waals surface area contributed by atoms with Gasteiger partial charge >= 0.3 is 0 Å². The number of hydrogen-bond donors (Lipinski definition) is 2. The molecule has 0 aliphatic carbocycles. The normalized spacial score (nSPS) is 10.9. The maximum absolute atomic E-state index is 11.8. The van der Waals surface area contributed by atoms with Crippen LogP contribution in [-0.4, -0.2) is 15.5 Å². The van der Waals surface area contributed by atoms with Gasteiger partial charge in [-0.15, -0.1) is 0 Å². The summed E-state index contributed by atoms with van der Waals surface area (Å²) in [5, 5.41) is 4.06. The molecule has 0 fully saturated rings. The molecule has 0 atom stereocenters. The lowest BCUT2D eigenvalue weighted by molar-refractivity contribution is -0.115. The highest BCUT2D eigenvalue weighted by molar-refractivity contribution is 7.99. The van der Waals surface area contributed by atoms with Crippen molar-refractivity contribution in [1.29, 1.82) is 0 Å². The van der Waals surface area contributed by atoms with E-state index >= 15 is 0 Å². The van der Waals surface area contributed by atoms with Crippen molar-refractivity contribution in [3.05, 3.63) is 78.8 Å². The highest BCUT2D eigenvalue weighted by Gasteiger charge is 2.13. The zero-order valence-electron chi connectivity index (χ0n) is 16.1. The molecule has 146 valence electrons. The molecule has 2 aromatic carbocycles. The molecule has 2 aromatic heterocycles. The number of hydrogen-bond acceptors (Lipinski definition) is 4. The number of rotatable bonds is 6. The van der Waals surface area contributed by atoms with Gasteiger partial charge in [-0.2, -0.15) is 0 Å². The summed E-state index contributed by atoms with van der Waals surface area (Å²) in [6, 6.07) is 19.8. The molecule has 0 unspecified atom stereocenters. The van der Waals surface area contributed by atoms with E-state index in [0.29, 0.717) is 13.0 Å². The zero-order valence-corrected chi connectivity index (χ0v) is 16.9. The van der Waals surface area contributed by atoms with E-state index in [1.165, 1.54) is 0 Å². The SMILES string of the molecule is CCC(=O)Nc1ccc2c(Sc3ccccc3N)cn(Cc3ccccn3)c2c1. The van der Waals surface area contributed by atoms with Gasteiger partial charge in [0.15, 0.2) is 0 Å². The van der Waals surface area contributed by atoms with Gasteiger partial charge in [-0.05, 0) is 42.5 Å². The average molecular weight is 403 g/mol. The van der Waals surface area contributed by atoms with Crippen LogP contribution in [0.4, 0.5) is 11.4 Å². The van der Waals surface area contributed by atoms with Gasteiger partial charge in [0.05, 0.1) is 17.8 Å². The van der Waals surface area contributed by atoms with Crippen molar-refractivity contribution in [3.8, 4) is 0 Å². The fraction of sp³-hybridized carbons (Fsp3) is 0.130. The van der Waals surface area contributed by atoms with Gasteiger partial charge in [-0.3, -0.25) is 9.78 Å². The van der Waals surface area contributed by atoms with Crippen LogP contribution in [0.1, 0.15) is 19.0 Å². The number of carbonyl (C=O) groups excluding carboxylic acids is 1. The second-order valence-corrected chi connectivity index (χ2v) is 7.80. The quantitative estimate of drug-likeness (QED) is 0.437. The summed E-state index contributed by atoms with van der Waals surface area (Å²) in [4.78, 5) is 18.4. The minimum atomic E-state index is -0.00107. The number of nitrogens with zero attached hydrogens (tertiary/aromatic N) is 2. The van der Waals surface area contributed by atoms with Crippen LogP contribution in [0.25, 0.3) is 10.9 Å². The molecule has 1 amide bonds. The predicted octanol–water partition coefficient (Wildman–Crippen LogP) is 5.17. The fourth-order valence-electron chi connectivity index (χ4n) is 3.16. The summed E-state index contributed by atoms with van der Waals surface area (Å²) in [6.45, 7) is 2.49. The van der Waals surface area contributed by atoms with Crippen molar-refractivity contribution in [2.24, 2.45) is 0 Å². The van der Waals surface area contributed by atoms with E-state index in [0.717, 1.165) is 37.8 Å². The van der Waals surface area contributed by atoms with Crippen molar-refractivity contribution in [3.63, 3.8) is 0 Å². The molecule has 0 bridgehead atoms. The summed E-state index contributed by atoms with van der Waals surface area (Å²) < 4.78 is 2.17. The van der Waals surface area contributed by atoms with Crippen LogP contribution in [0.5, 0.6) is 0 Å². The van der Waals surface area contributed by atoms with E-state index in [2.05, 4.69) is 27.1 Å². The van der Waals surface area contributed by atoms with Crippen LogP contribution in [0.15, 0.2) is 82.8 Å². The first-order valence-electron chi connectivity index (χ1n) is 9.49. The Morgan fingerprint density at radius 1 is 1.10 bits per heavy atom. The van der Waals surface area contributed by atoms with Gasteiger partial charge in [-0.1, -0.05) is 36.9 Å². The Balaban J connectivity index is 1.77. The smallest absolute Gasteiger partial charge is 0.224 e. The molecule has 3 N–H and O–H groups in total. The van der Waals surface area contributed by atoms with Gasteiger partial charge in [0.2, 0.25) is 5.91 Å². The number of para-hydroxylation sites is 1. The van der Waals surface area contributed by atoms with Crippen LogP contribution >= 0.6 is 11.8 Å². The fourth-order valence-corrected chi connectivity index (χ4v) is 4.19. The largest absolute Gasteiger partial charge is 0.398 e. The summed E-state index contributed by atoms with van der Waals surface area (Å²) >= 11 is 1.65. The minimum Gasteiger partial charge on any atom is -0.398 e. The number of nitrogen functional groups attached to an aromatic ring is 1. The third kappa shape index (κ3) is 4.27. The van der Waals surface area contributed by atoms with E-state index in [9.17, 15) is 4.79 Å². The number of nitrogens with two attached hydrogens (primary N) is 1. The van der Waals surface area contributed by atoms with Gasteiger partial charge in [0.1, 0.15) is 0 Å². The van der Waals surface area contributed by atoms with E-state index in [1.54, 1.807) is 18.0 Å². The van der Waals surface area contributed by atoms with Crippen molar-refractivity contribution in [2.45, 2.75) is 29.7 Å². The lowest BCUT2D eigenvalue weighted by atomic mass is 10.2.